The van der Waals surface area contributed by atoms with Crippen molar-refractivity contribution in [2.24, 2.45) is 0 Å². The SMILES string of the molecule is COc1ccc(C(CNc2nn3cc(C(C)(C)C)nc3s2)N(C)C)cc1. The maximum absolute atomic E-state index is 5.25. The molecule has 7 heteroatoms. The highest BCUT2D eigenvalue weighted by molar-refractivity contribution is 7.20. The highest BCUT2D eigenvalue weighted by atomic mass is 32.1. The molecule has 0 aliphatic heterocycles. The second kappa shape index (κ2) is 7.25. The van der Waals surface area contributed by atoms with Crippen molar-refractivity contribution in [2.45, 2.75) is 32.2 Å². The minimum absolute atomic E-state index is 0.0331. The minimum Gasteiger partial charge on any atom is -0.497 e. The molecule has 140 valence electrons. The summed E-state index contributed by atoms with van der Waals surface area (Å²) in [6.07, 6.45) is 2.02. The molecule has 2 heterocycles. The third-order valence-electron chi connectivity index (χ3n) is 4.38. The number of imidazole rings is 1. The monoisotopic (exact) mass is 373 g/mol. The lowest BCUT2D eigenvalue weighted by atomic mass is 9.93. The first-order valence-electron chi connectivity index (χ1n) is 8.69. The van der Waals surface area contributed by atoms with Crippen LogP contribution in [0.5, 0.6) is 5.75 Å². The zero-order valence-electron chi connectivity index (χ0n) is 16.3. The third-order valence-corrected chi connectivity index (χ3v) is 5.26. The van der Waals surface area contributed by atoms with Gasteiger partial charge in [-0.05, 0) is 31.8 Å². The number of methoxy groups -OCH3 is 1. The van der Waals surface area contributed by atoms with Crippen LogP contribution in [0.15, 0.2) is 30.5 Å². The first-order chi connectivity index (χ1) is 12.3. The summed E-state index contributed by atoms with van der Waals surface area (Å²) < 4.78 is 7.12. The molecule has 1 atom stereocenters. The number of rotatable bonds is 6. The molecule has 26 heavy (non-hydrogen) atoms. The normalized spacial score (nSPS) is 13.3. The van der Waals surface area contributed by atoms with Gasteiger partial charge in [0.05, 0.1) is 25.0 Å². The molecule has 0 amide bonds. The number of anilines is 1. The molecule has 0 aliphatic rings. The summed E-state index contributed by atoms with van der Waals surface area (Å²) in [6, 6.07) is 8.45. The van der Waals surface area contributed by atoms with Gasteiger partial charge >= 0.3 is 0 Å². The molecule has 0 radical (unpaired) electrons. The van der Waals surface area contributed by atoms with E-state index < -0.39 is 0 Å². The van der Waals surface area contributed by atoms with Gasteiger partial charge in [0.2, 0.25) is 10.1 Å². The highest BCUT2D eigenvalue weighted by Gasteiger charge is 2.20. The Balaban J connectivity index is 1.72. The van der Waals surface area contributed by atoms with Crippen LogP contribution in [0.4, 0.5) is 5.13 Å². The zero-order chi connectivity index (χ0) is 18.9. The van der Waals surface area contributed by atoms with E-state index in [9.17, 15) is 0 Å². The van der Waals surface area contributed by atoms with E-state index in [-0.39, 0.29) is 11.5 Å². The second-order valence-corrected chi connectivity index (χ2v) is 8.60. The maximum atomic E-state index is 5.25. The van der Waals surface area contributed by atoms with E-state index in [1.165, 1.54) is 5.56 Å². The molecule has 0 saturated heterocycles. The van der Waals surface area contributed by atoms with Gasteiger partial charge in [-0.25, -0.2) is 9.50 Å². The summed E-state index contributed by atoms with van der Waals surface area (Å²) in [5.74, 6) is 0.870. The summed E-state index contributed by atoms with van der Waals surface area (Å²) >= 11 is 1.58. The number of benzene rings is 1. The molecule has 0 aliphatic carbocycles. The fourth-order valence-electron chi connectivity index (χ4n) is 2.74. The maximum Gasteiger partial charge on any atom is 0.214 e. The first-order valence-corrected chi connectivity index (χ1v) is 9.50. The quantitative estimate of drug-likeness (QED) is 0.712. The van der Waals surface area contributed by atoms with Crippen molar-refractivity contribution in [2.75, 3.05) is 33.1 Å². The van der Waals surface area contributed by atoms with Crippen molar-refractivity contribution < 1.29 is 4.74 Å². The van der Waals surface area contributed by atoms with Gasteiger partial charge in [-0.1, -0.05) is 44.2 Å². The van der Waals surface area contributed by atoms with Crippen molar-refractivity contribution in [3.63, 3.8) is 0 Å². The van der Waals surface area contributed by atoms with Gasteiger partial charge < -0.3 is 15.0 Å². The van der Waals surface area contributed by atoms with E-state index in [0.29, 0.717) is 0 Å². The number of hydrogen-bond donors (Lipinski definition) is 1. The number of aromatic nitrogens is 3. The molecule has 1 unspecified atom stereocenters. The third kappa shape index (κ3) is 3.99. The van der Waals surface area contributed by atoms with Crippen molar-refractivity contribution in [3.8, 4) is 5.75 Å². The Morgan fingerprint density at radius 3 is 2.46 bits per heavy atom. The fraction of sp³-hybridized carbons (Fsp3) is 0.474. The van der Waals surface area contributed by atoms with Gasteiger partial charge in [-0.3, -0.25) is 0 Å². The van der Waals surface area contributed by atoms with Crippen molar-refractivity contribution >= 4 is 21.4 Å². The van der Waals surface area contributed by atoms with E-state index in [4.69, 9.17) is 9.72 Å². The number of hydrogen-bond acceptors (Lipinski definition) is 6. The Kier molecular flexibility index (Phi) is 5.20. The van der Waals surface area contributed by atoms with Crippen molar-refractivity contribution in [3.05, 3.63) is 41.7 Å². The number of nitrogens with one attached hydrogen (secondary N) is 1. The second-order valence-electron chi connectivity index (χ2n) is 7.64. The van der Waals surface area contributed by atoms with Crippen LogP contribution < -0.4 is 10.1 Å². The summed E-state index contributed by atoms with van der Waals surface area (Å²) in [4.78, 5) is 7.82. The highest BCUT2D eigenvalue weighted by Crippen LogP contribution is 2.27. The standard InChI is InChI=1S/C19H27N5OS/c1-19(2,3)16-12-24-18(21-16)26-17(22-24)20-11-15(23(4)5)13-7-9-14(25-6)10-8-13/h7-10,12,15H,11H2,1-6H3,(H,20,22). The Bertz CT molecular complexity index is 829. The average molecular weight is 374 g/mol. The smallest absolute Gasteiger partial charge is 0.214 e. The van der Waals surface area contributed by atoms with E-state index in [0.717, 1.165) is 28.1 Å². The van der Waals surface area contributed by atoms with Gasteiger partial charge in [0.1, 0.15) is 5.75 Å². The molecular formula is C19H27N5OS. The summed E-state index contributed by atoms with van der Waals surface area (Å²) in [5, 5.41) is 8.97. The Labute approximate surface area is 158 Å². The lowest BCUT2D eigenvalue weighted by Gasteiger charge is -2.25. The van der Waals surface area contributed by atoms with Crippen molar-refractivity contribution in [1.82, 2.24) is 19.5 Å². The van der Waals surface area contributed by atoms with Crippen LogP contribution in [0.1, 0.15) is 38.1 Å². The Morgan fingerprint density at radius 1 is 1.23 bits per heavy atom. The summed E-state index contributed by atoms with van der Waals surface area (Å²) in [6.45, 7) is 7.25. The molecule has 1 aromatic carbocycles. The Hall–Kier alpha value is -2.12. The number of nitrogens with zero attached hydrogens (tertiary/aromatic N) is 4. The predicted molar refractivity (Wildman–Crippen MR) is 107 cm³/mol. The average Bonchev–Trinajstić information content (AvgIpc) is 3.13. The summed E-state index contributed by atoms with van der Waals surface area (Å²) in [7, 11) is 5.85. The van der Waals surface area contributed by atoms with E-state index in [1.807, 2.05) is 22.8 Å². The van der Waals surface area contributed by atoms with Crippen LogP contribution in [0.2, 0.25) is 0 Å². The number of likely N-dealkylation sites (N-methyl/N-ethyl adjacent to an activating group) is 1. The van der Waals surface area contributed by atoms with Gasteiger partial charge in [-0.2, -0.15) is 0 Å². The molecule has 0 bridgehead atoms. The molecule has 3 aromatic rings. The Morgan fingerprint density at radius 2 is 1.92 bits per heavy atom. The van der Waals surface area contributed by atoms with Gasteiger partial charge in [0.25, 0.3) is 0 Å². The van der Waals surface area contributed by atoms with Gasteiger partial charge in [0.15, 0.2) is 0 Å². The largest absolute Gasteiger partial charge is 0.497 e. The zero-order valence-corrected chi connectivity index (χ0v) is 17.1. The molecule has 0 fully saturated rings. The molecule has 2 aromatic heterocycles. The predicted octanol–water partition coefficient (Wildman–Crippen LogP) is 3.81. The van der Waals surface area contributed by atoms with E-state index >= 15 is 0 Å². The van der Waals surface area contributed by atoms with Crippen LogP contribution in [0.3, 0.4) is 0 Å². The minimum atomic E-state index is 0.0331. The molecule has 6 nitrogen and oxygen atoms in total. The van der Waals surface area contributed by atoms with Gasteiger partial charge in [-0.15, -0.1) is 5.10 Å². The molecule has 0 spiro atoms. The fourth-order valence-corrected chi connectivity index (χ4v) is 3.53. The number of fused-ring (bicyclic) bond motifs is 1. The molecule has 3 rings (SSSR count). The number of ether oxygens (including phenoxy) is 1. The van der Waals surface area contributed by atoms with Crippen LogP contribution >= 0.6 is 11.3 Å². The first kappa shape index (κ1) is 18.7. The molecular weight excluding hydrogens is 346 g/mol. The van der Waals surface area contributed by atoms with Crippen LogP contribution in [0, 0.1) is 0 Å². The lowest BCUT2D eigenvalue weighted by molar-refractivity contribution is 0.311. The van der Waals surface area contributed by atoms with Crippen LogP contribution in [-0.4, -0.2) is 47.2 Å². The van der Waals surface area contributed by atoms with E-state index in [1.54, 1.807) is 18.4 Å². The van der Waals surface area contributed by atoms with Gasteiger partial charge in [0, 0.05) is 12.0 Å². The van der Waals surface area contributed by atoms with Crippen LogP contribution in [-0.2, 0) is 5.41 Å². The lowest BCUT2D eigenvalue weighted by Crippen LogP contribution is -2.26. The molecule has 0 saturated carbocycles. The van der Waals surface area contributed by atoms with Crippen LogP contribution in [0.25, 0.3) is 4.96 Å². The molecule has 1 N–H and O–H groups in total. The summed E-state index contributed by atoms with van der Waals surface area (Å²) in [5.41, 5.74) is 2.33. The topological polar surface area (TPSA) is 54.7 Å². The van der Waals surface area contributed by atoms with Crippen molar-refractivity contribution in [1.29, 1.82) is 0 Å². The van der Waals surface area contributed by atoms with E-state index in [2.05, 4.69) is 62.3 Å².